The number of hydrogen-bond donors (Lipinski definition) is 1. The first kappa shape index (κ1) is 16.1. The van der Waals surface area contributed by atoms with Crippen molar-refractivity contribution in [2.45, 2.75) is 39.8 Å². The molecule has 20 heavy (non-hydrogen) atoms. The highest BCUT2D eigenvalue weighted by molar-refractivity contribution is 6.35. The number of likely N-dealkylation sites (N-methyl/N-ethyl adjacent to an activating group) is 1. The highest BCUT2D eigenvalue weighted by Crippen LogP contribution is 2.13. The highest BCUT2D eigenvalue weighted by atomic mass is 19.1. The lowest BCUT2D eigenvalue weighted by Crippen LogP contribution is -2.51. The van der Waals surface area contributed by atoms with E-state index in [1.807, 2.05) is 27.7 Å². The highest BCUT2D eigenvalue weighted by Gasteiger charge is 2.29. The number of carbonyl (C=O) groups is 2. The molecule has 0 aromatic heterocycles. The van der Waals surface area contributed by atoms with Crippen molar-refractivity contribution >= 4 is 11.8 Å². The molecule has 1 N–H and O–H groups in total. The molecule has 4 nitrogen and oxygen atoms in total. The fourth-order valence-electron chi connectivity index (χ4n) is 1.91. The number of halogens is 1. The van der Waals surface area contributed by atoms with Gasteiger partial charge in [0.25, 0.3) is 0 Å². The molecule has 0 saturated heterocycles. The van der Waals surface area contributed by atoms with Gasteiger partial charge in [0, 0.05) is 18.6 Å². The van der Waals surface area contributed by atoms with Crippen molar-refractivity contribution in [1.29, 1.82) is 0 Å². The Balaban J connectivity index is 2.62. The molecule has 0 radical (unpaired) electrons. The molecule has 0 heterocycles. The second-order valence-electron chi connectivity index (χ2n) is 5.53. The van der Waals surface area contributed by atoms with Gasteiger partial charge in [-0.15, -0.1) is 0 Å². The maximum atomic E-state index is 12.7. The lowest BCUT2D eigenvalue weighted by molar-refractivity contribution is -0.149. The molecule has 1 aromatic carbocycles. The number of hydrogen-bond acceptors (Lipinski definition) is 2. The van der Waals surface area contributed by atoms with Gasteiger partial charge in [-0.25, -0.2) is 4.39 Å². The standard InChI is InChI=1S/C15H21FN2O2/c1-5-18(15(2,3)4)14(20)13(19)17-10-11-6-8-12(16)9-7-11/h6-9H,5,10H2,1-4H3,(H,17,19). The number of nitrogens with zero attached hydrogens (tertiary/aromatic N) is 1. The Morgan fingerprint density at radius 1 is 1.20 bits per heavy atom. The van der Waals surface area contributed by atoms with Crippen LogP contribution in [0.5, 0.6) is 0 Å². The Labute approximate surface area is 119 Å². The summed E-state index contributed by atoms with van der Waals surface area (Å²) >= 11 is 0. The summed E-state index contributed by atoms with van der Waals surface area (Å²) in [5.41, 5.74) is 0.338. The summed E-state index contributed by atoms with van der Waals surface area (Å²) in [7, 11) is 0. The van der Waals surface area contributed by atoms with Crippen LogP contribution in [0.2, 0.25) is 0 Å². The van der Waals surface area contributed by atoms with E-state index in [9.17, 15) is 14.0 Å². The molecule has 5 heteroatoms. The number of nitrogens with one attached hydrogen (secondary N) is 1. The van der Waals surface area contributed by atoms with Crippen LogP contribution in [0.25, 0.3) is 0 Å². The van der Waals surface area contributed by atoms with Gasteiger partial charge in [0.2, 0.25) is 0 Å². The number of rotatable bonds is 3. The first-order valence-electron chi connectivity index (χ1n) is 6.60. The fourth-order valence-corrected chi connectivity index (χ4v) is 1.91. The number of carbonyl (C=O) groups excluding carboxylic acids is 2. The average molecular weight is 280 g/mol. The van der Waals surface area contributed by atoms with Gasteiger partial charge in [0.1, 0.15) is 5.82 Å². The minimum absolute atomic E-state index is 0.201. The van der Waals surface area contributed by atoms with Crippen LogP contribution in [-0.2, 0) is 16.1 Å². The van der Waals surface area contributed by atoms with Gasteiger partial charge in [0.05, 0.1) is 0 Å². The van der Waals surface area contributed by atoms with Crippen LogP contribution in [0, 0.1) is 5.82 Å². The maximum absolute atomic E-state index is 12.7. The minimum Gasteiger partial charge on any atom is -0.344 e. The monoisotopic (exact) mass is 280 g/mol. The Kier molecular flexibility index (Phi) is 5.25. The quantitative estimate of drug-likeness (QED) is 0.862. The van der Waals surface area contributed by atoms with Crippen LogP contribution in [0.4, 0.5) is 4.39 Å². The average Bonchev–Trinajstić information content (AvgIpc) is 2.36. The zero-order valence-corrected chi connectivity index (χ0v) is 12.4. The summed E-state index contributed by atoms with van der Waals surface area (Å²) in [6, 6.07) is 5.77. The van der Waals surface area contributed by atoms with E-state index in [0.29, 0.717) is 6.54 Å². The smallest absolute Gasteiger partial charge is 0.312 e. The van der Waals surface area contributed by atoms with Crippen LogP contribution in [0.15, 0.2) is 24.3 Å². The molecule has 0 saturated carbocycles. The summed E-state index contributed by atoms with van der Waals surface area (Å²) in [5.74, 6) is -1.53. The van der Waals surface area contributed by atoms with Crippen LogP contribution < -0.4 is 5.32 Å². The molecule has 1 aromatic rings. The Hall–Kier alpha value is -1.91. The SMILES string of the molecule is CCN(C(=O)C(=O)NCc1ccc(F)cc1)C(C)(C)C. The third-order valence-corrected chi connectivity index (χ3v) is 2.93. The van der Waals surface area contributed by atoms with Gasteiger partial charge in [-0.2, -0.15) is 0 Å². The second-order valence-corrected chi connectivity index (χ2v) is 5.53. The van der Waals surface area contributed by atoms with E-state index < -0.39 is 17.4 Å². The molecule has 0 aliphatic rings. The summed E-state index contributed by atoms with van der Waals surface area (Å²) in [5, 5.41) is 2.55. The molecular weight excluding hydrogens is 259 g/mol. The molecule has 0 unspecified atom stereocenters. The molecule has 0 spiro atoms. The molecule has 0 bridgehead atoms. The van der Waals surface area contributed by atoms with E-state index in [0.717, 1.165) is 5.56 Å². The van der Waals surface area contributed by atoms with E-state index in [-0.39, 0.29) is 12.4 Å². The van der Waals surface area contributed by atoms with Gasteiger partial charge in [-0.1, -0.05) is 12.1 Å². The number of benzene rings is 1. The van der Waals surface area contributed by atoms with Gasteiger partial charge >= 0.3 is 11.8 Å². The fraction of sp³-hybridized carbons (Fsp3) is 0.467. The lowest BCUT2D eigenvalue weighted by atomic mass is 10.1. The van der Waals surface area contributed by atoms with Gasteiger partial charge in [-0.05, 0) is 45.4 Å². The summed E-state index contributed by atoms with van der Waals surface area (Å²) in [6.45, 7) is 8.13. The summed E-state index contributed by atoms with van der Waals surface area (Å²) in [4.78, 5) is 25.4. The Bertz CT molecular complexity index is 478. The van der Waals surface area contributed by atoms with E-state index in [1.165, 1.54) is 17.0 Å². The van der Waals surface area contributed by atoms with Crippen molar-refractivity contribution in [2.75, 3.05) is 6.54 Å². The molecular formula is C15H21FN2O2. The summed E-state index contributed by atoms with van der Waals surface area (Å²) in [6.07, 6.45) is 0. The Morgan fingerprint density at radius 3 is 2.20 bits per heavy atom. The van der Waals surface area contributed by atoms with Crippen LogP contribution >= 0.6 is 0 Å². The first-order valence-corrected chi connectivity index (χ1v) is 6.60. The van der Waals surface area contributed by atoms with Crippen molar-refractivity contribution in [3.63, 3.8) is 0 Å². The summed E-state index contributed by atoms with van der Waals surface area (Å²) < 4.78 is 12.7. The largest absolute Gasteiger partial charge is 0.344 e. The Morgan fingerprint density at radius 2 is 1.75 bits per heavy atom. The van der Waals surface area contributed by atoms with Crippen molar-refractivity contribution in [1.82, 2.24) is 10.2 Å². The molecule has 0 aliphatic heterocycles. The molecule has 1 rings (SSSR count). The molecule has 0 fully saturated rings. The third-order valence-electron chi connectivity index (χ3n) is 2.93. The third kappa shape index (κ3) is 4.33. The molecule has 0 atom stereocenters. The zero-order chi connectivity index (χ0) is 15.3. The predicted molar refractivity (Wildman–Crippen MR) is 75.4 cm³/mol. The van der Waals surface area contributed by atoms with Gasteiger partial charge in [-0.3, -0.25) is 9.59 Å². The van der Waals surface area contributed by atoms with E-state index in [2.05, 4.69) is 5.32 Å². The zero-order valence-electron chi connectivity index (χ0n) is 12.4. The maximum Gasteiger partial charge on any atom is 0.312 e. The van der Waals surface area contributed by atoms with E-state index >= 15 is 0 Å². The van der Waals surface area contributed by atoms with Gasteiger partial charge < -0.3 is 10.2 Å². The normalized spacial score (nSPS) is 11.1. The molecule has 110 valence electrons. The first-order chi connectivity index (χ1) is 9.25. The minimum atomic E-state index is -0.647. The molecule has 2 amide bonds. The van der Waals surface area contributed by atoms with E-state index in [4.69, 9.17) is 0 Å². The molecule has 0 aliphatic carbocycles. The van der Waals surface area contributed by atoms with Crippen molar-refractivity contribution < 1.29 is 14.0 Å². The predicted octanol–water partition coefficient (Wildman–Crippen LogP) is 2.09. The van der Waals surface area contributed by atoms with Crippen LogP contribution in [0.1, 0.15) is 33.3 Å². The van der Waals surface area contributed by atoms with Crippen molar-refractivity contribution in [3.05, 3.63) is 35.6 Å². The van der Waals surface area contributed by atoms with Gasteiger partial charge in [0.15, 0.2) is 0 Å². The van der Waals surface area contributed by atoms with E-state index in [1.54, 1.807) is 12.1 Å². The lowest BCUT2D eigenvalue weighted by Gasteiger charge is -2.34. The van der Waals surface area contributed by atoms with Crippen LogP contribution in [-0.4, -0.2) is 28.8 Å². The van der Waals surface area contributed by atoms with Crippen LogP contribution in [0.3, 0.4) is 0 Å². The van der Waals surface area contributed by atoms with Crippen molar-refractivity contribution in [2.24, 2.45) is 0 Å². The topological polar surface area (TPSA) is 49.4 Å². The number of amides is 2. The van der Waals surface area contributed by atoms with Crippen molar-refractivity contribution in [3.8, 4) is 0 Å². The second kappa shape index (κ2) is 6.50.